The van der Waals surface area contributed by atoms with Crippen LogP contribution in [0, 0.1) is 11.8 Å². The van der Waals surface area contributed by atoms with Crippen molar-refractivity contribution in [2.75, 3.05) is 13.2 Å². The Labute approximate surface area is 355 Å². The van der Waals surface area contributed by atoms with Crippen LogP contribution in [0.5, 0.6) is 0 Å². The maximum atomic E-state index is 14.2. The second kappa shape index (κ2) is 23.8. The molecule has 0 aromatic heterocycles. The molecule has 1 aliphatic rings. The third kappa shape index (κ3) is 14.6. The smallest absolute Gasteiger partial charge is 0.254 e. The zero-order valence-corrected chi connectivity index (χ0v) is 35.0. The van der Waals surface area contributed by atoms with Crippen molar-refractivity contribution >= 4 is 47.3 Å². The second-order valence-corrected chi connectivity index (χ2v) is 15.7. The molecule has 19 heteroatoms. The highest BCUT2D eigenvalue weighted by atomic mass is 16.3. The zero-order chi connectivity index (χ0) is 45.4. The summed E-state index contributed by atoms with van der Waals surface area (Å²) in [6, 6.07) is 8.22. The Balaban J connectivity index is 1.88. The summed E-state index contributed by atoms with van der Waals surface area (Å²) in [5, 5.41) is 34.0. The van der Waals surface area contributed by atoms with E-state index in [0.717, 1.165) is 0 Å². The molecule has 2 aromatic carbocycles. The minimum atomic E-state index is -1.96. The highest BCUT2D eigenvalue weighted by Crippen LogP contribution is 2.22. The largest absolute Gasteiger partial charge is 0.394 e. The van der Waals surface area contributed by atoms with Gasteiger partial charge in [-0.2, -0.15) is 0 Å². The summed E-state index contributed by atoms with van der Waals surface area (Å²) in [6.45, 7) is 6.35. The van der Waals surface area contributed by atoms with Gasteiger partial charge >= 0.3 is 0 Å². The maximum Gasteiger partial charge on any atom is 0.254 e. The molecule has 1 unspecified atom stereocenters. The van der Waals surface area contributed by atoms with Gasteiger partial charge in [-0.15, -0.1) is 0 Å². The highest BCUT2D eigenvalue weighted by molar-refractivity contribution is 5.97. The molecule has 0 saturated carbocycles. The van der Waals surface area contributed by atoms with Crippen molar-refractivity contribution in [2.24, 2.45) is 29.0 Å². The molecule has 1 saturated heterocycles. The normalized spacial score (nSPS) is 17.6. The van der Waals surface area contributed by atoms with Crippen LogP contribution in [0.25, 0.3) is 0 Å². The van der Waals surface area contributed by atoms with Crippen LogP contribution < -0.4 is 43.8 Å². The van der Waals surface area contributed by atoms with Gasteiger partial charge in [-0.25, -0.2) is 0 Å². The first-order valence-electron chi connectivity index (χ1n) is 20.4. The number of nitrogens with one attached hydrogen (secondary N) is 5. The topological polar surface area (TPSA) is 318 Å². The van der Waals surface area contributed by atoms with E-state index in [0.29, 0.717) is 24.0 Å². The fourth-order valence-electron chi connectivity index (χ4n) is 6.90. The van der Waals surface area contributed by atoms with E-state index in [-0.39, 0.29) is 37.6 Å². The van der Waals surface area contributed by atoms with Crippen molar-refractivity contribution in [3.8, 4) is 0 Å². The summed E-state index contributed by atoms with van der Waals surface area (Å²) in [7, 11) is 0. The summed E-state index contributed by atoms with van der Waals surface area (Å²) >= 11 is 0. The summed E-state index contributed by atoms with van der Waals surface area (Å²) < 4.78 is 0. The molecule has 1 fully saturated rings. The molecule has 8 amide bonds. The van der Waals surface area contributed by atoms with Gasteiger partial charge < -0.3 is 58.9 Å². The number of benzene rings is 2. The molecular formula is C42H61N9O10. The number of aliphatic hydroxyl groups excluding tert-OH is 2. The molecule has 0 radical (unpaired) electrons. The predicted octanol–water partition coefficient (Wildman–Crippen LogP) is -2.37. The van der Waals surface area contributed by atoms with Crippen LogP contribution in [-0.4, -0.2) is 124 Å². The van der Waals surface area contributed by atoms with E-state index < -0.39 is 109 Å². The predicted molar refractivity (Wildman–Crippen MR) is 223 cm³/mol. The summed E-state index contributed by atoms with van der Waals surface area (Å²) in [5.41, 5.74) is 17.9. The van der Waals surface area contributed by atoms with Gasteiger partial charge in [0.1, 0.15) is 36.3 Å². The molecule has 1 heterocycles. The maximum absolute atomic E-state index is 14.2. The van der Waals surface area contributed by atoms with Gasteiger partial charge in [0, 0.05) is 13.0 Å². The molecular weight excluding hydrogens is 791 g/mol. The number of likely N-dealkylation sites (tertiary alicyclic amines) is 1. The third-order valence-corrected chi connectivity index (χ3v) is 10.7. The lowest BCUT2D eigenvalue weighted by atomic mass is 9.96. The lowest BCUT2D eigenvalue weighted by Crippen LogP contribution is -2.61. The molecule has 13 N–H and O–H groups in total. The van der Waals surface area contributed by atoms with Crippen molar-refractivity contribution < 1.29 is 48.6 Å². The van der Waals surface area contributed by atoms with Crippen LogP contribution in [0.3, 0.4) is 0 Å². The summed E-state index contributed by atoms with van der Waals surface area (Å²) in [4.78, 5) is 107. The van der Waals surface area contributed by atoms with Crippen molar-refractivity contribution in [3.63, 3.8) is 0 Å². The van der Waals surface area contributed by atoms with Crippen LogP contribution in [0.2, 0.25) is 0 Å². The van der Waals surface area contributed by atoms with Crippen LogP contribution in [0.4, 0.5) is 0 Å². The van der Waals surface area contributed by atoms with Crippen molar-refractivity contribution in [1.82, 2.24) is 31.5 Å². The fourth-order valence-corrected chi connectivity index (χ4v) is 6.90. The van der Waals surface area contributed by atoms with Crippen LogP contribution in [-0.2, 0) is 51.2 Å². The molecule has 0 aliphatic carbocycles. The SMILES string of the molecule is CCC(C)[C@H](NC(=O)[C@@H]1CCCN1C(=O)[C@H](O)[C@H](Cc1ccccc1)NC(=O)[C@H](CC(N)=O)NC(=O)[C@H](Cc1ccccc1)NC(=O)[C@@H](N)CO)C(=O)N[C@H](C(N)=O)C(C)C. The minimum Gasteiger partial charge on any atom is -0.394 e. The number of nitrogens with zero attached hydrogens (tertiary/aromatic N) is 1. The number of hydrogen-bond donors (Lipinski definition) is 10. The Morgan fingerprint density at radius 3 is 1.82 bits per heavy atom. The van der Waals surface area contributed by atoms with E-state index in [2.05, 4.69) is 26.6 Å². The molecule has 334 valence electrons. The van der Waals surface area contributed by atoms with Crippen LogP contribution in [0.15, 0.2) is 60.7 Å². The van der Waals surface area contributed by atoms with Crippen molar-refractivity contribution in [3.05, 3.63) is 71.8 Å². The van der Waals surface area contributed by atoms with E-state index in [1.807, 2.05) is 6.92 Å². The van der Waals surface area contributed by atoms with Gasteiger partial charge in [-0.05, 0) is 42.2 Å². The molecule has 9 atom stereocenters. The quantitative estimate of drug-likeness (QED) is 0.0564. The Bertz CT molecular complexity index is 1830. The van der Waals surface area contributed by atoms with Crippen LogP contribution >= 0.6 is 0 Å². The Morgan fingerprint density at radius 2 is 1.30 bits per heavy atom. The van der Waals surface area contributed by atoms with E-state index in [1.165, 1.54) is 4.90 Å². The number of amides is 8. The van der Waals surface area contributed by atoms with Gasteiger partial charge in [0.15, 0.2) is 6.10 Å². The number of nitrogens with two attached hydrogens (primary N) is 3. The number of rotatable bonds is 23. The Morgan fingerprint density at radius 1 is 0.738 bits per heavy atom. The van der Waals surface area contributed by atoms with Gasteiger partial charge in [0.05, 0.1) is 19.1 Å². The second-order valence-electron chi connectivity index (χ2n) is 15.7. The van der Waals surface area contributed by atoms with E-state index in [1.54, 1.807) is 81.4 Å². The number of aliphatic hydroxyl groups is 2. The van der Waals surface area contributed by atoms with Gasteiger partial charge in [0.2, 0.25) is 41.4 Å². The lowest BCUT2D eigenvalue weighted by Gasteiger charge is -2.33. The molecule has 19 nitrogen and oxygen atoms in total. The minimum absolute atomic E-state index is 0.0616. The number of carbonyl (C=O) groups is 8. The molecule has 1 aliphatic heterocycles. The summed E-state index contributed by atoms with van der Waals surface area (Å²) in [6.07, 6.45) is -1.79. The summed E-state index contributed by atoms with van der Waals surface area (Å²) in [5.74, 6) is -7.37. The monoisotopic (exact) mass is 851 g/mol. The first-order valence-corrected chi connectivity index (χ1v) is 20.4. The van der Waals surface area contributed by atoms with E-state index in [4.69, 9.17) is 17.2 Å². The van der Waals surface area contributed by atoms with Crippen molar-refractivity contribution in [1.29, 1.82) is 0 Å². The van der Waals surface area contributed by atoms with E-state index >= 15 is 0 Å². The van der Waals surface area contributed by atoms with Gasteiger partial charge in [0.25, 0.3) is 5.91 Å². The third-order valence-electron chi connectivity index (χ3n) is 10.7. The first kappa shape index (κ1) is 49.4. The molecule has 0 spiro atoms. The lowest BCUT2D eigenvalue weighted by molar-refractivity contribution is -0.147. The van der Waals surface area contributed by atoms with Gasteiger partial charge in [-0.1, -0.05) is 94.8 Å². The molecule has 3 rings (SSSR count). The van der Waals surface area contributed by atoms with E-state index in [9.17, 15) is 48.6 Å². The molecule has 2 aromatic rings. The number of carbonyl (C=O) groups excluding carboxylic acids is 8. The van der Waals surface area contributed by atoms with Crippen molar-refractivity contribution in [2.45, 2.75) is 115 Å². The number of primary amides is 2. The zero-order valence-electron chi connectivity index (χ0n) is 35.0. The van der Waals surface area contributed by atoms with Crippen LogP contribution in [0.1, 0.15) is 64.5 Å². The number of hydrogen-bond acceptors (Lipinski definition) is 11. The standard InChI is InChI=1S/C42H61N9O10/c1-5-24(4)34(41(60)49-33(23(2)3)36(45)55)50-40(59)31-17-12-18-51(31)42(61)35(54)28(19-25-13-8-6-9-14-25)46-39(58)30(21-32(44)53)48-38(57)29(47-37(56)27(43)22-52)20-26-15-10-7-11-16-26/h6-11,13-16,23-24,27-31,33-35,52,54H,5,12,17-22,43H2,1-4H3,(H2,44,53)(H2,45,55)(H,46,58)(H,47,56)(H,48,57)(H,49,60)(H,50,59)/t24?,27-,28-,29-,30-,31-,33-,34-,35+/m0/s1. The Kier molecular flexibility index (Phi) is 19.3. The average Bonchev–Trinajstić information content (AvgIpc) is 3.73. The fraction of sp³-hybridized carbons (Fsp3) is 0.524. The average molecular weight is 852 g/mol. The van der Waals surface area contributed by atoms with Gasteiger partial charge in [-0.3, -0.25) is 38.4 Å². The first-order chi connectivity index (χ1) is 28.9. The molecule has 0 bridgehead atoms. The Hall–Kier alpha value is -5.92. The highest BCUT2D eigenvalue weighted by Gasteiger charge is 2.42. The molecule has 61 heavy (non-hydrogen) atoms.